The van der Waals surface area contributed by atoms with Gasteiger partial charge in [0.25, 0.3) is 5.91 Å². The van der Waals surface area contributed by atoms with Crippen LogP contribution in [-0.4, -0.2) is 39.3 Å². The highest BCUT2D eigenvalue weighted by Gasteiger charge is 2.12. The van der Waals surface area contributed by atoms with Crippen LogP contribution in [0.2, 0.25) is 0 Å². The molecule has 7 heteroatoms. The Morgan fingerprint density at radius 1 is 1.47 bits per heavy atom. The number of nitrogens with one attached hydrogen (secondary N) is 1. The maximum atomic E-state index is 11.7. The molecule has 1 N–H and O–H groups in total. The number of tetrazole rings is 1. The minimum atomic E-state index is -0.487. The molecule has 1 aromatic heterocycles. The minimum Gasteiger partial charge on any atom is -0.372 e. The Hall–Kier alpha value is -2.28. The summed E-state index contributed by atoms with van der Waals surface area (Å²) in [5, 5.41) is 13.8. The van der Waals surface area contributed by atoms with Crippen LogP contribution in [0.4, 0.5) is 5.69 Å². The van der Waals surface area contributed by atoms with Gasteiger partial charge in [-0.3, -0.25) is 4.79 Å². The number of nitrogens with zero attached hydrogens (tertiary/aromatic N) is 4. The van der Waals surface area contributed by atoms with E-state index in [2.05, 4.69) is 20.8 Å². The van der Waals surface area contributed by atoms with E-state index in [1.54, 1.807) is 17.7 Å². The lowest BCUT2D eigenvalue weighted by Crippen LogP contribution is -2.26. The molecule has 2 aromatic rings. The van der Waals surface area contributed by atoms with E-state index in [4.69, 9.17) is 4.74 Å². The molecule has 1 heterocycles. The zero-order chi connectivity index (χ0) is 13.8. The van der Waals surface area contributed by atoms with Crippen molar-refractivity contribution >= 4 is 11.6 Å². The summed E-state index contributed by atoms with van der Waals surface area (Å²) in [6, 6.07) is 5.50. The van der Waals surface area contributed by atoms with E-state index in [0.29, 0.717) is 5.69 Å². The second kappa shape index (κ2) is 5.57. The number of ether oxygens (including phenoxy) is 1. The molecule has 0 saturated heterocycles. The van der Waals surface area contributed by atoms with Crippen LogP contribution in [0.3, 0.4) is 0 Å². The average Bonchev–Trinajstić information content (AvgIpc) is 2.91. The predicted octanol–water partition coefficient (Wildman–Crippen LogP) is 0.944. The molecule has 0 saturated carbocycles. The highest BCUT2D eigenvalue weighted by molar-refractivity contribution is 5.94. The van der Waals surface area contributed by atoms with Gasteiger partial charge in [0.2, 0.25) is 0 Å². The van der Waals surface area contributed by atoms with Gasteiger partial charge in [-0.1, -0.05) is 0 Å². The standard InChI is InChI=1S/C12H15N5O2/c1-8-6-10(14-12(18)9(2)19-3)4-5-11(8)17-7-13-15-16-17/h4-7,9H,1-3H3,(H,14,18). The topological polar surface area (TPSA) is 81.9 Å². The van der Waals surface area contributed by atoms with E-state index in [9.17, 15) is 4.79 Å². The molecular formula is C12H15N5O2. The zero-order valence-electron chi connectivity index (χ0n) is 11.0. The summed E-state index contributed by atoms with van der Waals surface area (Å²) in [6.07, 6.45) is 1.03. The maximum absolute atomic E-state index is 11.7. The maximum Gasteiger partial charge on any atom is 0.253 e. The highest BCUT2D eigenvalue weighted by Crippen LogP contribution is 2.18. The molecule has 0 aliphatic heterocycles. The van der Waals surface area contributed by atoms with Gasteiger partial charge in [0.1, 0.15) is 12.4 Å². The van der Waals surface area contributed by atoms with E-state index >= 15 is 0 Å². The molecule has 2 rings (SSSR count). The summed E-state index contributed by atoms with van der Waals surface area (Å²) in [6.45, 7) is 3.62. The number of benzene rings is 1. The number of carbonyl (C=O) groups excluding carboxylic acids is 1. The van der Waals surface area contributed by atoms with Crippen molar-refractivity contribution in [1.29, 1.82) is 0 Å². The third-order valence-electron chi connectivity index (χ3n) is 2.78. The molecule has 19 heavy (non-hydrogen) atoms. The Labute approximate surface area is 110 Å². The molecule has 0 spiro atoms. The molecule has 1 aromatic carbocycles. The van der Waals surface area contributed by atoms with Crippen LogP contribution >= 0.6 is 0 Å². The summed E-state index contributed by atoms with van der Waals surface area (Å²) < 4.78 is 6.52. The van der Waals surface area contributed by atoms with Gasteiger partial charge in [-0.25, -0.2) is 4.68 Å². The van der Waals surface area contributed by atoms with Crippen LogP contribution < -0.4 is 5.32 Å². The first kappa shape index (κ1) is 13.2. The van der Waals surface area contributed by atoms with Gasteiger partial charge in [0.15, 0.2) is 0 Å². The Balaban J connectivity index is 2.18. The Bertz CT molecular complexity index is 568. The lowest BCUT2D eigenvalue weighted by Gasteiger charge is -2.12. The van der Waals surface area contributed by atoms with Gasteiger partial charge in [-0.2, -0.15) is 0 Å². The van der Waals surface area contributed by atoms with E-state index in [0.717, 1.165) is 11.3 Å². The van der Waals surface area contributed by atoms with Gasteiger partial charge in [0.05, 0.1) is 5.69 Å². The first-order valence-corrected chi connectivity index (χ1v) is 5.79. The number of anilines is 1. The molecule has 0 bridgehead atoms. The fraction of sp³-hybridized carbons (Fsp3) is 0.333. The van der Waals surface area contributed by atoms with Crippen LogP contribution in [-0.2, 0) is 9.53 Å². The molecule has 100 valence electrons. The number of hydrogen-bond donors (Lipinski definition) is 1. The summed E-state index contributed by atoms with van der Waals surface area (Å²) in [5.74, 6) is -0.183. The largest absolute Gasteiger partial charge is 0.372 e. The number of carbonyl (C=O) groups is 1. The van der Waals surface area contributed by atoms with E-state index in [-0.39, 0.29) is 5.91 Å². The fourth-order valence-corrected chi connectivity index (χ4v) is 1.61. The van der Waals surface area contributed by atoms with Crippen LogP contribution in [0.1, 0.15) is 12.5 Å². The second-order valence-corrected chi connectivity index (χ2v) is 4.12. The number of hydrogen-bond acceptors (Lipinski definition) is 5. The molecule has 0 fully saturated rings. The molecule has 1 unspecified atom stereocenters. The zero-order valence-corrected chi connectivity index (χ0v) is 11.0. The summed E-state index contributed by atoms with van der Waals surface area (Å²) >= 11 is 0. The van der Waals surface area contributed by atoms with Crippen LogP contribution in [0.15, 0.2) is 24.5 Å². The lowest BCUT2D eigenvalue weighted by atomic mass is 10.1. The molecule has 1 atom stereocenters. The monoisotopic (exact) mass is 261 g/mol. The Morgan fingerprint density at radius 3 is 2.84 bits per heavy atom. The van der Waals surface area contributed by atoms with Crippen molar-refractivity contribution < 1.29 is 9.53 Å². The number of amides is 1. The van der Waals surface area contributed by atoms with Crippen molar-refractivity contribution in [2.75, 3.05) is 12.4 Å². The van der Waals surface area contributed by atoms with Crippen molar-refractivity contribution in [1.82, 2.24) is 20.2 Å². The quantitative estimate of drug-likeness (QED) is 0.885. The van der Waals surface area contributed by atoms with E-state index in [1.165, 1.54) is 13.4 Å². The second-order valence-electron chi connectivity index (χ2n) is 4.12. The molecular weight excluding hydrogens is 246 g/mol. The van der Waals surface area contributed by atoms with Crippen LogP contribution in [0.25, 0.3) is 5.69 Å². The van der Waals surface area contributed by atoms with Gasteiger partial charge in [-0.05, 0) is 48.0 Å². The van der Waals surface area contributed by atoms with Crippen molar-refractivity contribution in [3.8, 4) is 5.69 Å². The third kappa shape index (κ3) is 2.94. The predicted molar refractivity (Wildman–Crippen MR) is 69.0 cm³/mol. The molecule has 0 aliphatic carbocycles. The van der Waals surface area contributed by atoms with Gasteiger partial charge < -0.3 is 10.1 Å². The van der Waals surface area contributed by atoms with E-state index in [1.807, 2.05) is 19.1 Å². The number of aromatic nitrogens is 4. The first-order valence-electron chi connectivity index (χ1n) is 5.79. The summed E-state index contributed by atoms with van der Waals surface area (Å²) in [5.41, 5.74) is 2.53. The molecule has 0 aliphatic rings. The summed E-state index contributed by atoms with van der Waals surface area (Å²) in [4.78, 5) is 11.7. The first-order chi connectivity index (χ1) is 9.11. The minimum absolute atomic E-state index is 0.183. The SMILES string of the molecule is COC(C)C(=O)Nc1ccc(-n2cnnn2)c(C)c1. The van der Waals surface area contributed by atoms with Crippen molar-refractivity contribution in [2.45, 2.75) is 20.0 Å². The van der Waals surface area contributed by atoms with Gasteiger partial charge in [-0.15, -0.1) is 5.10 Å². The fourth-order valence-electron chi connectivity index (χ4n) is 1.61. The number of methoxy groups -OCH3 is 1. The Kier molecular flexibility index (Phi) is 3.86. The van der Waals surface area contributed by atoms with Gasteiger partial charge >= 0.3 is 0 Å². The van der Waals surface area contributed by atoms with Crippen LogP contribution in [0.5, 0.6) is 0 Å². The number of aryl methyl sites for hydroxylation is 1. The molecule has 7 nitrogen and oxygen atoms in total. The third-order valence-corrected chi connectivity index (χ3v) is 2.78. The number of rotatable bonds is 4. The highest BCUT2D eigenvalue weighted by atomic mass is 16.5. The Morgan fingerprint density at radius 2 is 2.26 bits per heavy atom. The van der Waals surface area contributed by atoms with E-state index < -0.39 is 6.10 Å². The summed E-state index contributed by atoms with van der Waals surface area (Å²) in [7, 11) is 1.50. The average molecular weight is 261 g/mol. The van der Waals surface area contributed by atoms with Crippen molar-refractivity contribution in [3.63, 3.8) is 0 Å². The molecule has 1 amide bonds. The van der Waals surface area contributed by atoms with Gasteiger partial charge in [0, 0.05) is 12.8 Å². The lowest BCUT2D eigenvalue weighted by molar-refractivity contribution is -0.124. The normalized spacial score (nSPS) is 12.2. The van der Waals surface area contributed by atoms with Crippen molar-refractivity contribution in [2.24, 2.45) is 0 Å². The smallest absolute Gasteiger partial charge is 0.253 e. The molecule has 0 radical (unpaired) electrons. The van der Waals surface area contributed by atoms with Crippen LogP contribution in [0, 0.1) is 6.92 Å². The van der Waals surface area contributed by atoms with Crippen molar-refractivity contribution in [3.05, 3.63) is 30.1 Å².